The molecule has 0 fully saturated rings. The van der Waals surface area contributed by atoms with Crippen LogP contribution >= 0.6 is 0 Å². The quantitative estimate of drug-likeness (QED) is 0.234. The summed E-state index contributed by atoms with van der Waals surface area (Å²) < 4.78 is 27.7. The third-order valence-corrected chi connectivity index (χ3v) is 6.62. The summed E-state index contributed by atoms with van der Waals surface area (Å²) >= 11 is 0. The molecule has 0 saturated carbocycles. The van der Waals surface area contributed by atoms with Gasteiger partial charge in [-0.1, -0.05) is 73.7 Å². The fourth-order valence-electron chi connectivity index (χ4n) is 4.62. The SMILES string of the molecule is CCc1cccc(CNCC(O)C(Cc2cc(F)cc(F)c2)NC(=O)[C@@H](O)c2cccc3ccccc23)c1. The van der Waals surface area contributed by atoms with Gasteiger partial charge >= 0.3 is 0 Å². The first-order valence-electron chi connectivity index (χ1n) is 12.7. The van der Waals surface area contributed by atoms with Crippen molar-refractivity contribution in [2.75, 3.05) is 6.54 Å². The van der Waals surface area contributed by atoms with E-state index in [9.17, 15) is 23.8 Å². The number of hydrogen-bond donors (Lipinski definition) is 4. The second kappa shape index (κ2) is 12.7. The number of benzene rings is 4. The Kier molecular flexibility index (Phi) is 9.18. The van der Waals surface area contributed by atoms with Gasteiger partial charge in [-0.15, -0.1) is 0 Å². The molecule has 0 saturated heterocycles. The lowest BCUT2D eigenvalue weighted by Crippen LogP contribution is -2.50. The van der Waals surface area contributed by atoms with Crippen LogP contribution in [0.1, 0.15) is 35.3 Å². The Morgan fingerprint density at radius 1 is 0.842 bits per heavy atom. The number of fused-ring (bicyclic) bond motifs is 1. The van der Waals surface area contributed by atoms with Crippen LogP contribution in [-0.2, 0) is 24.2 Å². The number of halogens is 2. The van der Waals surface area contributed by atoms with Gasteiger partial charge in [0.1, 0.15) is 11.6 Å². The maximum atomic E-state index is 13.8. The highest BCUT2D eigenvalue weighted by molar-refractivity contribution is 5.92. The van der Waals surface area contributed by atoms with Crippen molar-refractivity contribution >= 4 is 16.7 Å². The molecule has 0 aliphatic heterocycles. The van der Waals surface area contributed by atoms with Crippen LogP contribution < -0.4 is 10.6 Å². The first-order chi connectivity index (χ1) is 18.3. The van der Waals surface area contributed by atoms with E-state index in [1.165, 1.54) is 17.7 Å². The predicted octanol–water partition coefficient (Wildman–Crippen LogP) is 4.59. The van der Waals surface area contributed by atoms with Gasteiger partial charge in [-0.2, -0.15) is 0 Å². The summed E-state index contributed by atoms with van der Waals surface area (Å²) in [5, 5.41) is 29.4. The van der Waals surface area contributed by atoms with Crippen LogP contribution in [0.4, 0.5) is 8.78 Å². The minimum Gasteiger partial charge on any atom is -0.390 e. The fourth-order valence-corrected chi connectivity index (χ4v) is 4.62. The summed E-state index contributed by atoms with van der Waals surface area (Å²) in [4.78, 5) is 13.2. The van der Waals surface area contributed by atoms with Gasteiger partial charge in [-0.25, -0.2) is 8.78 Å². The molecule has 0 aliphatic carbocycles. The van der Waals surface area contributed by atoms with Gasteiger partial charge in [0.15, 0.2) is 6.10 Å². The van der Waals surface area contributed by atoms with E-state index in [1.54, 1.807) is 12.1 Å². The molecule has 7 heteroatoms. The van der Waals surface area contributed by atoms with E-state index in [2.05, 4.69) is 23.6 Å². The fraction of sp³-hybridized carbons (Fsp3) is 0.258. The van der Waals surface area contributed by atoms with Crippen molar-refractivity contribution in [2.45, 2.75) is 44.6 Å². The molecule has 0 heterocycles. The molecule has 4 N–H and O–H groups in total. The molecule has 0 aromatic heterocycles. The lowest BCUT2D eigenvalue weighted by Gasteiger charge is -2.26. The highest BCUT2D eigenvalue weighted by Gasteiger charge is 2.27. The molecule has 0 spiro atoms. The van der Waals surface area contributed by atoms with Crippen LogP contribution in [0.2, 0.25) is 0 Å². The Hall–Kier alpha value is -3.65. The van der Waals surface area contributed by atoms with Crippen molar-refractivity contribution in [2.24, 2.45) is 0 Å². The van der Waals surface area contributed by atoms with Crippen LogP contribution in [0.15, 0.2) is 84.9 Å². The van der Waals surface area contributed by atoms with E-state index in [0.717, 1.165) is 28.8 Å². The third kappa shape index (κ3) is 7.01. The van der Waals surface area contributed by atoms with Crippen LogP contribution in [0, 0.1) is 11.6 Å². The minimum atomic E-state index is -1.50. The van der Waals surface area contributed by atoms with Crippen molar-refractivity contribution in [3.8, 4) is 0 Å². The second-order valence-corrected chi connectivity index (χ2v) is 9.44. The normalized spacial score (nSPS) is 13.7. The number of rotatable bonds is 11. The molecule has 38 heavy (non-hydrogen) atoms. The first kappa shape index (κ1) is 27.4. The lowest BCUT2D eigenvalue weighted by atomic mass is 9.97. The molecule has 0 bridgehead atoms. The van der Waals surface area contributed by atoms with Crippen LogP contribution in [0.3, 0.4) is 0 Å². The third-order valence-electron chi connectivity index (χ3n) is 6.62. The van der Waals surface area contributed by atoms with Crippen molar-refractivity contribution < 1.29 is 23.8 Å². The van der Waals surface area contributed by atoms with Crippen molar-refractivity contribution in [1.82, 2.24) is 10.6 Å². The van der Waals surface area contributed by atoms with E-state index < -0.39 is 35.8 Å². The molecule has 3 atom stereocenters. The van der Waals surface area contributed by atoms with Gasteiger partial charge in [0, 0.05) is 19.2 Å². The Morgan fingerprint density at radius 2 is 1.53 bits per heavy atom. The van der Waals surface area contributed by atoms with Gasteiger partial charge in [-0.05, 0) is 58.0 Å². The highest BCUT2D eigenvalue weighted by atomic mass is 19.1. The van der Waals surface area contributed by atoms with E-state index >= 15 is 0 Å². The molecule has 198 valence electrons. The number of aliphatic hydroxyl groups excluding tert-OH is 2. The number of aliphatic hydroxyl groups is 2. The summed E-state index contributed by atoms with van der Waals surface area (Å²) in [6.07, 6.45) is -1.71. The predicted molar refractivity (Wildman–Crippen MR) is 144 cm³/mol. The Balaban J connectivity index is 1.50. The Morgan fingerprint density at radius 3 is 2.29 bits per heavy atom. The monoisotopic (exact) mass is 518 g/mol. The van der Waals surface area contributed by atoms with Crippen molar-refractivity contribution in [1.29, 1.82) is 0 Å². The number of aryl methyl sites for hydroxylation is 1. The molecule has 5 nitrogen and oxygen atoms in total. The summed E-state index contributed by atoms with van der Waals surface area (Å²) in [7, 11) is 0. The van der Waals surface area contributed by atoms with Crippen LogP contribution in [0.5, 0.6) is 0 Å². The molecule has 0 radical (unpaired) electrons. The smallest absolute Gasteiger partial charge is 0.253 e. The van der Waals surface area contributed by atoms with Crippen molar-refractivity contribution in [3.05, 3.63) is 119 Å². The van der Waals surface area contributed by atoms with Gasteiger partial charge in [0.05, 0.1) is 12.1 Å². The zero-order valence-corrected chi connectivity index (χ0v) is 21.2. The molecule has 4 aromatic rings. The minimum absolute atomic E-state index is 0.0309. The Bertz CT molecular complexity index is 1370. The first-order valence-corrected chi connectivity index (χ1v) is 12.7. The van der Waals surface area contributed by atoms with Crippen molar-refractivity contribution in [3.63, 3.8) is 0 Å². The number of carbonyl (C=O) groups is 1. The van der Waals surface area contributed by atoms with E-state index in [-0.39, 0.29) is 18.5 Å². The molecular weight excluding hydrogens is 486 g/mol. The largest absolute Gasteiger partial charge is 0.390 e. The van der Waals surface area contributed by atoms with Crippen LogP contribution in [0.25, 0.3) is 10.8 Å². The van der Waals surface area contributed by atoms with Gasteiger partial charge in [0.2, 0.25) is 0 Å². The average molecular weight is 519 g/mol. The second-order valence-electron chi connectivity index (χ2n) is 9.44. The van der Waals surface area contributed by atoms with E-state index in [0.29, 0.717) is 12.1 Å². The molecule has 2 unspecified atom stereocenters. The van der Waals surface area contributed by atoms with E-state index in [4.69, 9.17) is 0 Å². The maximum absolute atomic E-state index is 13.8. The molecule has 0 aliphatic rings. The highest BCUT2D eigenvalue weighted by Crippen LogP contribution is 2.25. The van der Waals surface area contributed by atoms with Gasteiger partial charge < -0.3 is 20.8 Å². The average Bonchev–Trinajstić information content (AvgIpc) is 2.91. The summed E-state index contributed by atoms with van der Waals surface area (Å²) in [5.41, 5.74) is 2.96. The summed E-state index contributed by atoms with van der Waals surface area (Å²) in [6.45, 7) is 2.69. The zero-order chi connectivity index (χ0) is 27.1. The number of amides is 1. The molecular formula is C31H32F2N2O3. The summed E-state index contributed by atoms with van der Waals surface area (Å²) in [6, 6.07) is 23.0. The number of hydrogen-bond acceptors (Lipinski definition) is 4. The maximum Gasteiger partial charge on any atom is 0.253 e. The molecule has 1 amide bonds. The van der Waals surface area contributed by atoms with Crippen LogP contribution in [-0.4, -0.2) is 34.8 Å². The number of carbonyl (C=O) groups excluding carboxylic acids is 1. The van der Waals surface area contributed by atoms with Gasteiger partial charge in [0.25, 0.3) is 5.91 Å². The van der Waals surface area contributed by atoms with Gasteiger partial charge in [-0.3, -0.25) is 4.79 Å². The molecule has 4 aromatic carbocycles. The lowest BCUT2D eigenvalue weighted by molar-refractivity contribution is -0.131. The van der Waals surface area contributed by atoms with E-state index in [1.807, 2.05) is 48.5 Å². The Labute approximate surface area is 221 Å². The topological polar surface area (TPSA) is 81.6 Å². The zero-order valence-electron chi connectivity index (χ0n) is 21.2. The molecule has 4 rings (SSSR count). The summed E-state index contributed by atoms with van der Waals surface area (Å²) in [5.74, 6) is -2.20. The number of nitrogens with one attached hydrogen (secondary N) is 2. The standard InChI is InChI=1S/C31H32F2N2O3/c1-2-20-7-5-8-21(13-20)18-34-19-29(36)28(16-22-14-24(32)17-25(33)15-22)35-31(38)30(37)27-12-6-10-23-9-3-4-11-26(23)27/h3-15,17,28-30,34,36-37H,2,16,18-19H2,1H3,(H,35,38)/t28?,29?,30-/m0/s1.